The number of halogens is 1. The van der Waals surface area contributed by atoms with Gasteiger partial charge in [-0.3, -0.25) is 13.6 Å². The first-order chi connectivity index (χ1) is 12.2. The monoisotopic (exact) mass is 439 g/mol. The highest BCUT2D eigenvalue weighted by Gasteiger charge is 2.38. The first-order valence-electron chi connectivity index (χ1n) is 8.60. The molecule has 0 aliphatic carbocycles. The Bertz CT molecular complexity index is 525. The summed E-state index contributed by atoms with van der Waals surface area (Å²) in [5.74, 6) is -0.608. The van der Waals surface area contributed by atoms with Crippen molar-refractivity contribution in [3.8, 4) is 0 Å². The van der Waals surface area contributed by atoms with Crippen LogP contribution in [0.1, 0.15) is 53.4 Å². The summed E-state index contributed by atoms with van der Waals surface area (Å²) in [6.45, 7) is 5.41. The van der Waals surface area contributed by atoms with E-state index in [1.807, 2.05) is 0 Å². The van der Waals surface area contributed by atoms with E-state index in [1.54, 1.807) is 33.2 Å². The number of aliphatic hydroxyl groups excluding tert-OH is 1. The standard InChI is InChI=1S/C14H32FNO9P2/c1-5-14(6-2,7-8-23-26(18,19)20)25-27(21,22)24-11-12(10-17)9-13(3,4)16-15/h12,16-17H,5-11H2,1-4H3,(H,21,22)(H2,18,19,20). The molecule has 0 aromatic rings. The molecule has 0 heterocycles. The Morgan fingerprint density at radius 3 is 2.07 bits per heavy atom. The largest absolute Gasteiger partial charge is 0.472 e. The maximum absolute atomic E-state index is 12.7. The van der Waals surface area contributed by atoms with Gasteiger partial charge >= 0.3 is 15.6 Å². The van der Waals surface area contributed by atoms with Gasteiger partial charge in [-0.05, 0) is 33.1 Å². The number of hydrogen-bond acceptors (Lipinski definition) is 7. The van der Waals surface area contributed by atoms with Crippen LogP contribution in [0.4, 0.5) is 4.48 Å². The van der Waals surface area contributed by atoms with Crippen LogP contribution in [-0.2, 0) is 22.7 Å². The van der Waals surface area contributed by atoms with E-state index in [0.717, 1.165) is 0 Å². The van der Waals surface area contributed by atoms with Gasteiger partial charge in [0.1, 0.15) is 0 Å². The highest BCUT2D eigenvalue weighted by Crippen LogP contribution is 2.51. The average molecular weight is 439 g/mol. The molecule has 0 aromatic heterocycles. The molecule has 5 N–H and O–H groups in total. The zero-order valence-electron chi connectivity index (χ0n) is 16.1. The quantitative estimate of drug-likeness (QED) is 0.190. The molecule has 2 unspecified atom stereocenters. The Morgan fingerprint density at radius 1 is 1.11 bits per heavy atom. The van der Waals surface area contributed by atoms with Gasteiger partial charge in [0.25, 0.3) is 0 Å². The topological polar surface area (TPSA) is 155 Å². The van der Waals surface area contributed by atoms with Gasteiger partial charge < -0.3 is 19.8 Å². The van der Waals surface area contributed by atoms with Gasteiger partial charge in [-0.2, -0.15) is 5.54 Å². The summed E-state index contributed by atoms with van der Waals surface area (Å²) in [7, 11) is -9.20. The second kappa shape index (κ2) is 11.3. The first kappa shape index (κ1) is 27.1. The van der Waals surface area contributed by atoms with Crippen LogP contribution in [0.25, 0.3) is 0 Å². The minimum absolute atomic E-state index is 0.0404. The van der Waals surface area contributed by atoms with E-state index in [1.165, 1.54) is 0 Å². The van der Waals surface area contributed by atoms with Crippen LogP contribution in [0.15, 0.2) is 0 Å². The second-order valence-corrected chi connectivity index (χ2v) is 9.67. The molecule has 0 saturated carbocycles. The molecule has 0 rings (SSSR count). The summed E-state index contributed by atoms with van der Waals surface area (Å²) >= 11 is 0. The number of rotatable bonds is 15. The Hall–Kier alpha value is 0.0700. The normalized spacial score (nSPS) is 16.9. The molecule has 164 valence electrons. The lowest BCUT2D eigenvalue weighted by molar-refractivity contribution is -0.00853. The molecule has 0 radical (unpaired) electrons. The molecule has 0 bridgehead atoms. The van der Waals surface area contributed by atoms with Crippen molar-refractivity contribution in [2.45, 2.75) is 64.5 Å². The highest BCUT2D eigenvalue weighted by molar-refractivity contribution is 7.47. The lowest BCUT2D eigenvalue weighted by Gasteiger charge is -2.33. The van der Waals surface area contributed by atoms with E-state index in [2.05, 4.69) is 4.52 Å². The van der Waals surface area contributed by atoms with E-state index in [4.69, 9.17) is 18.8 Å². The van der Waals surface area contributed by atoms with Crippen molar-refractivity contribution in [2.75, 3.05) is 19.8 Å². The zero-order chi connectivity index (χ0) is 21.4. The molecule has 2 atom stereocenters. The number of aliphatic hydroxyl groups is 1. The fourth-order valence-corrected chi connectivity index (χ4v) is 4.16. The summed E-state index contributed by atoms with van der Waals surface area (Å²) in [6.07, 6.45) is 0.637. The number of nitrogens with one attached hydrogen (secondary N) is 1. The minimum atomic E-state index is -4.66. The van der Waals surface area contributed by atoms with Crippen molar-refractivity contribution in [3.05, 3.63) is 0 Å². The predicted molar refractivity (Wildman–Crippen MR) is 96.3 cm³/mol. The molecule has 10 nitrogen and oxygen atoms in total. The maximum Gasteiger partial charge on any atom is 0.472 e. The fourth-order valence-electron chi connectivity index (χ4n) is 2.54. The van der Waals surface area contributed by atoms with Crippen LogP contribution in [0.3, 0.4) is 0 Å². The molecular weight excluding hydrogens is 407 g/mol. The number of phosphoric ester groups is 2. The molecular formula is C14H32FNO9P2. The van der Waals surface area contributed by atoms with Crippen molar-refractivity contribution in [1.29, 1.82) is 0 Å². The summed E-state index contributed by atoms with van der Waals surface area (Å²) < 4.78 is 50.4. The van der Waals surface area contributed by atoms with E-state index < -0.39 is 32.7 Å². The van der Waals surface area contributed by atoms with Gasteiger partial charge in [0.2, 0.25) is 0 Å². The summed E-state index contributed by atoms with van der Waals surface area (Å²) in [6, 6.07) is 0. The summed E-state index contributed by atoms with van der Waals surface area (Å²) in [5.41, 5.74) is -0.549. The molecule has 0 saturated heterocycles. The van der Waals surface area contributed by atoms with Crippen LogP contribution in [-0.4, -0.2) is 50.7 Å². The molecule has 0 amide bonds. The van der Waals surface area contributed by atoms with Gasteiger partial charge in [-0.15, -0.1) is 4.48 Å². The number of hydrogen-bond donors (Lipinski definition) is 5. The van der Waals surface area contributed by atoms with Gasteiger partial charge in [0.05, 0.1) is 18.8 Å². The molecule has 0 aromatic carbocycles. The van der Waals surface area contributed by atoms with Crippen LogP contribution in [0.2, 0.25) is 0 Å². The third-order valence-corrected chi connectivity index (χ3v) is 5.81. The van der Waals surface area contributed by atoms with Gasteiger partial charge in [-0.25, -0.2) is 9.13 Å². The summed E-state index contributed by atoms with van der Waals surface area (Å²) in [5, 5.41) is 9.37. The van der Waals surface area contributed by atoms with Crippen molar-refractivity contribution in [2.24, 2.45) is 5.92 Å². The molecule has 13 heteroatoms. The fraction of sp³-hybridized carbons (Fsp3) is 1.00. The molecule has 0 aliphatic rings. The lowest BCUT2D eigenvalue weighted by atomic mass is 9.92. The van der Waals surface area contributed by atoms with Crippen molar-refractivity contribution >= 4 is 15.6 Å². The van der Waals surface area contributed by atoms with E-state index >= 15 is 0 Å². The Morgan fingerprint density at radius 2 is 1.67 bits per heavy atom. The third kappa shape index (κ3) is 11.6. The van der Waals surface area contributed by atoms with E-state index in [-0.39, 0.29) is 45.5 Å². The average Bonchev–Trinajstić information content (AvgIpc) is 2.56. The Labute approximate surface area is 159 Å². The first-order valence-corrected chi connectivity index (χ1v) is 11.6. The predicted octanol–water partition coefficient (Wildman–Crippen LogP) is 2.43. The van der Waals surface area contributed by atoms with Crippen LogP contribution >= 0.6 is 15.6 Å². The molecule has 27 heavy (non-hydrogen) atoms. The highest BCUT2D eigenvalue weighted by atomic mass is 31.2. The summed E-state index contributed by atoms with van der Waals surface area (Å²) in [4.78, 5) is 27.5. The van der Waals surface area contributed by atoms with E-state index in [0.29, 0.717) is 0 Å². The van der Waals surface area contributed by atoms with Crippen LogP contribution in [0.5, 0.6) is 0 Å². The minimum Gasteiger partial charge on any atom is -0.396 e. The maximum atomic E-state index is 12.7. The van der Waals surface area contributed by atoms with Crippen LogP contribution in [0, 0.1) is 5.92 Å². The third-order valence-electron chi connectivity index (χ3n) is 4.20. The van der Waals surface area contributed by atoms with Crippen molar-refractivity contribution in [1.82, 2.24) is 5.54 Å². The number of phosphoric acid groups is 2. The van der Waals surface area contributed by atoms with Crippen LogP contribution < -0.4 is 5.54 Å². The van der Waals surface area contributed by atoms with Crippen molar-refractivity contribution in [3.63, 3.8) is 0 Å². The lowest BCUT2D eigenvalue weighted by Crippen LogP contribution is -2.37. The van der Waals surface area contributed by atoms with Crippen molar-refractivity contribution < 1.29 is 47.0 Å². The Balaban J connectivity index is 4.89. The molecule has 0 fully saturated rings. The molecule has 0 aliphatic heterocycles. The van der Waals surface area contributed by atoms with Gasteiger partial charge in [-0.1, -0.05) is 13.8 Å². The SMILES string of the molecule is CCC(CC)(CCOP(=O)(O)O)OP(=O)(O)OCC(CO)CC(C)(C)NF. The van der Waals surface area contributed by atoms with E-state index in [9.17, 15) is 23.6 Å². The zero-order valence-corrected chi connectivity index (χ0v) is 17.9. The Kier molecular flexibility index (Phi) is 11.3. The smallest absolute Gasteiger partial charge is 0.396 e. The van der Waals surface area contributed by atoms with Gasteiger partial charge in [0.15, 0.2) is 0 Å². The second-order valence-electron chi connectivity index (χ2n) is 7.05. The van der Waals surface area contributed by atoms with Gasteiger partial charge in [0, 0.05) is 24.5 Å². The molecule has 0 spiro atoms.